The molecule has 2 N–H and O–H groups in total. The summed E-state index contributed by atoms with van der Waals surface area (Å²) in [6.07, 6.45) is 6.17. The molecule has 168 valence electrons. The van der Waals surface area contributed by atoms with Gasteiger partial charge in [-0.15, -0.1) is 0 Å². The minimum absolute atomic E-state index is 0.157. The molecular weight excluding hydrogens is 390 g/mol. The third kappa shape index (κ3) is 5.12. The highest BCUT2D eigenvalue weighted by atomic mass is 16.5. The molecule has 1 fully saturated rings. The molecule has 2 aromatic rings. The number of pyridine rings is 1. The van der Waals surface area contributed by atoms with Gasteiger partial charge in [-0.05, 0) is 63.8 Å². The van der Waals surface area contributed by atoms with Crippen molar-refractivity contribution in [1.82, 2.24) is 10.3 Å². The summed E-state index contributed by atoms with van der Waals surface area (Å²) in [5, 5.41) is 2.94. The summed E-state index contributed by atoms with van der Waals surface area (Å²) >= 11 is 0. The largest absolute Gasteiger partial charge is 0.497 e. The predicted octanol–water partition coefficient (Wildman–Crippen LogP) is 4.40. The molecular formula is C25H35N3O3. The van der Waals surface area contributed by atoms with Gasteiger partial charge >= 0.3 is 0 Å². The molecule has 1 aromatic carbocycles. The van der Waals surface area contributed by atoms with Gasteiger partial charge in [0.15, 0.2) is 0 Å². The van der Waals surface area contributed by atoms with Gasteiger partial charge in [0.05, 0.1) is 7.11 Å². The molecule has 0 unspecified atom stereocenters. The molecule has 0 atom stereocenters. The molecule has 0 spiro atoms. The lowest BCUT2D eigenvalue weighted by atomic mass is 9.93. The van der Waals surface area contributed by atoms with E-state index in [1.54, 1.807) is 13.2 Å². The van der Waals surface area contributed by atoms with E-state index >= 15 is 0 Å². The number of hydrogen-bond acceptors (Lipinski definition) is 4. The van der Waals surface area contributed by atoms with Crippen molar-refractivity contribution < 1.29 is 9.53 Å². The fraction of sp³-hybridized carbons (Fsp3) is 0.520. The Bertz CT molecular complexity index is 990. The molecule has 1 amide bonds. The number of aryl methyl sites for hydroxylation is 2. The van der Waals surface area contributed by atoms with Crippen LogP contribution in [-0.2, 0) is 6.54 Å². The highest BCUT2D eigenvalue weighted by Crippen LogP contribution is 2.34. The average molecular weight is 426 g/mol. The Morgan fingerprint density at radius 3 is 2.48 bits per heavy atom. The van der Waals surface area contributed by atoms with Crippen molar-refractivity contribution in [1.29, 1.82) is 0 Å². The lowest BCUT2D eigenvalue weighted by molar-refractivity contribution is 0.0950. The van der Waals surface area contributed by atoms with E-state index in [4.69, 9.17) is 4.74 Å². The summed E-state index contributed by atoms with van der Waals surface area (Å²) < 4.78 is 5.54. The summed E-state index contributed by atoms with van der Waals surface area (Å²) in [5.74, 6) is 0.473. The Balaban J connectivity index is 1.89. The van der Waals surface area contributed by atoms with E-state index in [1.807, 2.05) is 32.9 Å². The van der Waals surface area contributed by atoms with Crippen molar-refractivity contribution in [3.63, 3.8) is 0 Å². The Morgan fingerprint density at radius 2 is 1.87 bits per heavy atom. The molecule has 6 heteroatoms. The monoisotopic (exact) mass is 425 g/mol. The van der Waals surface area contributed by atoms with E-state index in [-0.39, 0.29) is 18.0 Å². The van der Waals surface area contributed by atoms with E-state index in [1.165, 1.54) is 32.1 Å². The third-order valence-corrected chi connectivity index (χ3v) is 6.42. The topological polar surface area (TPSA) is 74.4 Å². The molecule has 6 nitrogen and oxygen atoms in total. The van der Waals surface area contributed by atoms with Crippen LogP contribution in [0.25, 0.3) is 0 Å². The molecule has 1 aliphatic carbocycles. The summed E-state index contributed by atoms with van der Waals surface area (Å²) in [6, 6.07) is 6.24. The van der Waals surface area contributed by atoms with Crippen molar-refractivity contribution in [3.8, 4) is 5.75 Å². The summed E-state index contributed by atoms with van der Waals surface area (Å²) in [5.41, 5.74) is 4.70. The second-order valence-electron chi connectivity index (χ2n) is 8.52. The van der Waals surface area contributed by atoms with Crippen molar-refractivity contribution in [2.75, 3.05) is 18.6 Å². The summed E-state index contributed by atoms with van der Waals surface area (Å²) in [6.45, 7) is 8.98. The first-order valence-electron chi connectivity index (χ1n) is 11.3. The maximum absolute atomic E-state index is 13.1. The number of nitrogens with one attached hydrogen (secondary N) is 2. The zero-order valence-electron chi connectivity index (χ0n) is 19.4. The SMILES string of the molecule is CCN(c1cc(OC)cc(C(=O)NCc2c(C)cc(C)[nH]c2=O)c1C)C1CCCCC1. The van der Waals surface area contributed by atoms with E-state index in [0.29, 0.717) is 22.9 Å². The van der Waals surface area contributed by atoms with Crippen LogP contribution in [0.1, 0.15) is 71.8 Å². The predicted molar refractivity (Wildman–Crippen MR) is 125 cm³/mol. The van der Waals surface area contributed by atoms with Crippen LogP contribution in [0.2, 0.25) is 0 Å². The number of hydrogen-bond donors (Lipinski definition) is 2. The smallest absolute Gasteiger partial charge is 0.253 e. The maximum Gasteiger partial charge on any atom is 0.253 e. The number of carbonyl (C=O) groups excluding carboxylic acids is 1. The normalized spacial score (nSPS) is 14.4. The molecule has 31 heavy (non-hydrogen) atoms. The first-order valence-corrected chi connectivity index (χ1v) is 11.3. The number of H-pyrrole nitrogens is 1. The number of aromatic amines is 1. The number of benzene rings is 1. The van der Waals surface area contributed by atoms with Gasteiger partial charge in [0, 0.05) is 47.7 Å². The zero-order chi connectivity index (χ0) is 22.5. The first-order chi connectivity index (χ1) is 14.8. The van der Waals surface area contributed by atoms with Gasteiger partial charge in [-0.2, -0.15) is 0 Å². The molecule has 0 saturated heterocycles. The zero-order valence-corrected chi connectivity index (χ0v) is 19.4. The van der Waals surface area contributed by atoms with Crippen molar-refractivity contribution in [3.05, 3.63) is 56.5 Å². The number of rotatable bonds is 7. The van der Waals surface area contributed by atoms with Gasteiger partial charge in [-0.1, -0.05) is 19.3 Å². The lowest BCUT2D eigenvalue weighted by Crippen LogP contribution is -2.37. The van der Waals surface area contributed by atoms with Crippen molar-refractivity contribution in [2.45, 2.75) is 72.4 Å². The summed E-state index contributed by atoms with van der Waals surface area (Å²) in [7, 11) is 1.63. The summed E-state index contributed by atoms with van der Waals surface area (Å²) in [4.78, 5) is 30.7. The number of anilines is 1. The minimum Gasteiger partial charge on any atom is -0.497 e. The maximum atomic E-state index is 13.1. The fourth-order valence-corrected chi connectivity index (χ4v) is 4.71. The van der Waals surface area contributed by atoms with Crippen molar-refractivity contribution in [2.24, 2.45) is 0 Å². The quantitative estimate of drug-likeness (QED) is 0.690. The van der Waals surface area contributed by atoms with Crippen LogP contribution in [0.3, 0.4) is 0 Å². The first kappa shape index (κ1) is 22.9. The molecule has 1 aromatic heterocycles. The third-order valence-electron chi connectivity index (χ3n) is 6.42. The van der Waals surface area contributed by atoms with Crippen LogP contribution >= 0.6 is 0 Å². The van der Waals surface area contributed by atoms with Gasteiger partial charge in [-0.25, -0.2) is 0 Å². The van der Waals surface area contributed by atoms with Crippen LogP contribution in [0.15, 0.2) is 23.0 Å². The Morgan fingerprint density at radius 1 is 1.16 bits per heavy atom. The van der Waals surface area contributed by atoms with Gasteiger partial charge in [0.2, 0.25) is 0 Å². The Labute approximate surface area is 185 Å². The van der Waals surface area contributed by atoms with Crippen LogP contribution in [-0.4, -0.2) is 30.6 Å². The van der Waals surface area contributed by atoms with Crippen LogP contribution in [0, 0.1) is 20.8 Å². The highest BCUT2D eigenvalue weighted by molar-refractivity contribution is 5.97. The van der Waals surface area contributed by atoms with Crippen LogP contribution in [0.5, 0.6) is 5.75 Å². The molecule has 1 saturated carbocycles. The van der Waals surface area contributed by atoms with Gasteiger partial charge in [0.25, 0.3) is 11.5 Å². The Hall–Kier alpha value is -2.76. The number of amides is 1. The molecule has 0 bridgehead atoms. The molecule has 3 rings (SSSR count). The van der Waals surface area contributed by atoms with E-state index in [9.17, 15) is 9.59 Å². The fourth-order valence-electron chi connectivity index (χ4n) is 4.71. The molecule has 0 radical (unpaired) electrons. The lowest BCUT2D eigenvalue weighted by Gasteiger charge is -2.37. The number of aromatic nitrogens is 1. The van der Waals surface area contributed by atoms with Crippen molar-refractivity contribution >= 4 is 11.6 Å². The highest BCUT2D eigenvalue weighted by Gasteiger charge is 2.24. The number of nitrogens with zero attached hydrogens (tertiary/aromatic N) is 1. The van der Waals surface area contributed by atoms with Gasteiger partial charge in [0.1, 0.15) is 5.75 Å². The number of methoxy groups -OCH3 is 1. The van der Waals surface area contributed by atoms with Gasteiger partial charge < -0.3 is 19.9 Å². The second-order valence-corrected chi connectivity index (χ2v) is 8.52. The number of carbonyl (C=O) groups is 1. The number of ether oxygens (including phenoxy) is 1. The molecule has 0 aliphatic heterocycles. The van der Waals surface area contributed by atoms with E-state index < -0.39 is 0 Å². The second kappa shape index (κ2) is 10.0. The Kier molecular flexibility index (Phi) is 7.42. The van der Waals surface area contributed by atoms with Gasteiger partial charge in [-0.3, -0.25) is 9.59 Å². The van der Waals surface area contributed by atoms with Crippen LogP contribution in [0.4, 0.5) is 5.69 Å². The molecule has 1 aliphatic rings. The average Bonchev–Trinajstić information content (AvgIpc) is 2.75. The van der Waals surface area contributed by atoms with E-state index in [2.05, 4.69) is 22.1 Å². The molecule has 1 heterocycles. The van der Waals surface area contributed by atoms with E-state index in [0.717, 1.165) is 29.1 Å². The minimum atomic E-state index is -0.197. The van der Waals surface area contributed by atoms with Crippen LogP contribution < -0.4 is 20.5 Å². The standard InChI is InChI=1S/C25H35N3O3/c1-6-28(19-10-8-7-9-11-19)23-14-20(31-5)13-21(18(23)4)24(29)26-15-22-16(2)12-17(3)27-25(22)30/h12-14,19H,6-11,15H2,1-5H3,(H,26,29)(H,27,30).